The third-order valence-electron chi connectivity index (χ3n) is 3.62. The molecule has 20 heavy (non-hydrogen) atoms. The van der Waals surface area contributed by atoms with Crippen LogP contribution in [0.2, 0.25) is 5.02 Å². The van der Waals surface area contributed by atoms with Gasteiger partial charge in [0.25, 0.3) is 0 Å². The summed E-state index contributed by atoms with van der Waals surface area (Å²) in [4.78, 5) is 24.7. The van der Waals surface area contributed by atoms with E-state index in [2.05, 4.69) is 5.32 Å². The van der Waals surface area contributed by atoms with Crippen LogP contribution in [0.15, 0.2) is 24.3 Å². The average molecular weight is 297 g/mol. The van der Waals surface area contributed by atoms with Gasteiger partial charge in [-0.1, -0.05) is 23.7 Å². The summed E-state index contributed by atoms with van der Waals surface area (Å²) in [5, 5.41) is 12.4. The number of benzene rings is 1. The molecule has 1 saturated carbocycles. The molecule has 1 aromatic carbocycles. The van der Waals surface area contributed by atoms with Crippen LogP contribution in [0.3, 0.4) is 0 Å². The van der Waals surface area contributed by atoms with E-state index in [9.17, 15) is 14.7 Å². The van der Waals surface area contributed by atoms with Crippen LogP contribution >= 0.6 is 11.6 Å². The van der Waals surface area contributed by atoms with Crippen LogP contribution in [-0.2, 0) is 11.3 Å². The number of carboxylic acids is 1. The summed E-state index contributed by atoms with van der Waals surface area (Å²) in [6.45, 7) is 0.377. The van der Waals surface area contributed by atoms with Gasteiger partial charge in [-0.15, -0.1) is 0 Å². The van der Waals surface area contributed by atoms with Crippen LogP contribution in [0.25, 0.3) is 0 Å². The number of nitrogens with zero attached hydrogens (tertiary/aromatic N) is 1. The fourth-order valence-electron chi connectivity index (χ4n) is 2.20. The molecule has 0 unspecified atom stereocenters. The molecule has 0 saturated heterocycles. The second kappa shape index (κ2) is 5.71. The Morgan fingerprint density at radius 3 is 2.65 bits per heavy atom. The lowest BCUT2D eigenvalue weighted by Crippen LogP contribution is -2.61. The number of urea groups is 1. The Morgan fingerprint density at radius 2 is 2.15 bits per heavy atom. The molecule has 0 aromatic heterocycles. The standard InChI is InChI=1S/C14H17ClN2O3/c1-17(9-10-4-2-5-11(15)8-10)13(20)16-14(12(18)19)6-3-7-14/h2,4-5,8H,3,6-7,9H2,1H3,(H,16,20)(H,18,19). The van der Waals surface area contributed by atoms with Gasteiger partial charge in [-0.3, -0.25) is 0 Å². The number of carboxylic acid groups (broad SMARTS) is 1. The van der Waals surface area contributed by atoms with Gasteiger partial charge in [0, 0.05) is 18.6 Å². The van der Waals surface area contributed by atoms with E-state index in [0.29, 0.717) is 24.4 Å². The van der Waals surface area contributed by atoms with E-state index in [-0.39, 0.29) is 6.03 Å². The molecule has 0 aliphatic heterocycles. The zero-order chi connectivity index (χ0) is 14.8. The predicted molar refractivity (Wildman–Crippen MR) is 75.7 cm³/mol. The number of rotatable bonds is 4. The number of carbonyl (C=O) groups excluding carboxylic acids is 1. The van der Waals surface area contributed by atoms with Gasteiger partial charge < -0.3 is 15.3 Å². The maximum absolute atomic E-state index is 12.1. The van der Waals surface area contributed by atoms with E-state index in [0.717, 1.165) is 12.0 Å². The highest BCUT2D eigenvalue weighted by atomic mass is 35.5. The quantitative estimate of drug-likeness (QED) is 0.897. The van der Waals surface area contributed by atoms with Gasteiger partial charge >= 0.3 is 12.0 Å². The number of amides is 2. The van der Waals surface area contributed by atoms with Crippen LogP contribution < -0.4 is 5.32 Å². The molecule has 1 aromatic rings. The summed E-state index contributed by atoms with van der Waals surface area (Å²) < 4.78 is 0. The number of carbonyl (C=O) groups is 2. The first-order valence-corrected chi connectivity index (χ1v) is 6.82. The Morgan fingerprint density at radius 1 is 1.45 bits per heavy atom. The van der Waals surface area contributed by atoms with Gasteiger partial charge in [0.1, 0.15) is 5.54 Å². The third kappa shape index (κ3) is 3.04. The van der Waals surface area contributed by atoms with Gasteiger partial charge in [-0.05, 0) is 37.0 Å². The monoisotopic (exact) mass is 296 g/mol. The highest BCUT2D eigenvalue weighted by Crippen LogP contribution is 2.32. The van der Waals surface area contributed by atoms with Crippen LogP contribution in [-0.4, -0.2) is 34.6 Å². The fourth-order valence-corrected chi connectivity index (χ4v) is 2.42. The molecule has 1 aliphatic rings. The van der Waals surface area contributed by atoms with Crippen molar-refractivity contribution in [2.45, 2.75) is 31.3 Å². The fraction of sp³-hybridized carbons (Fsp3) is 0.429. The molecule has 5 nitrogen and oxygen atoms in total. The topological polar surface area (TPSA) is 69.6 Å². The first kappa shape index (κ1) is 14.7. The lowest BCUT2D eigenvalue weighted by Gasteiger charge is -2.39. The van der Waals surface area contributed by atoms with Gasteiger partial charge in [0.15, 0.2) is 0 Å². The maximum Gasteiger partial charge on any atom is 0.329 e. The molecule has 0 bridgehead atoms. The lowest BCUT2D eigenvalue weighted by atomic mass is 9.77. The minimum Gasteiger partial charge on any atom is -0.480 e. The van der Waals surface area contributed by atoms with Crippen LogP contribution in [0.5, 0.6) is 0 Å². The molecule has 0 heterocycles. The van der Waals surface area contributed by atoms with Crippen molar-refractivity contribution in [3.8, 4) is 0 Å². The molecule has 1 fully saturated rings. The number of halogens is 1. The minimum atomic E-state index is -1.08. The van der Waals surface area contributed by atoms with Crippen molar-refractivity contribution in [3.05, 3.63) is 34.9 Å². The molecule has 2 amide bonds. The van der Waals surface area contributed by atoms with Crippen molar-refractivity contribution in [1.29, 1.82) is 0 Å². The Kier molecular flexibility index (Phi) is 4.18. The lowest BCUT2D eigenvalue weighted by molar-refractivity contribution is -0.148. The molecular formula is C14H17ClN2O3. The second-order valence-electron chi connectivity index (χ2n) is 5.16. The summed E-state index contributed by atoms with van der Waals surface area (Å²) in [6.07, 6.45) is 1.79. The number of hydrogen-bond acceptors (Lipinski definition) is 2. The highest BCUT2D eigenvalue weighted by molar-refractivity contribution is 6.30. The summed E-state index contributed by atoms with van der Waals surface area (Å²) in [5.74, 6) is -0.965. The molecule has 2 rings (SSSR count). The van der Waals surface area contributed by atoms with Gasteiger partial charge in [-0.2, -0.15) is 0 Å². The molecule has 0 radical (unpaired) electrons. The Balaban J connectivity index is 1.97. The van der Waals surface area contributed by atoms with E-state index in [1.165, 1.54) is 4.90 Å². The van der Waals surface area contributed by atoms with Crippen LogP contribution in [0.1, 0.15) is 24.8 Å². The third-order valence-corrected chi connectivity index (χ3v) is 3.85. The predicted octanol–water partition coefficient (Wildman–Crippen LogP) is 2.49. The second-order valence-corrected chi connectivity index (χ2v) is 5.59. The van der Waals surface area contributed by atoms with Crippen LogP contribution in [0, 0.1) is 0 Å². The summed E-state index contributed by atoms with van der Waals surface area (Å²) in [5.41, 5.74) is -0.187. The van der Waals surface area contributed by atoms with Crippen molar-refractivity contribution in [3.63, 3.8) is 0 Å². The molecule has 108 valence electrons. The molecule has 1 aliphatic carbocycles. The van der Waals surface area contributed by atoms with E-state index < -0.39 is 11.5 Å². The van der Waals surface area contributed by atoms with Crippen molar-refractivity contribution < 1.29 is 14.7 Å². The van der Waals surface area contributed by atoms with Crippen molar-refractivity contribution >= 4 is 23.6 Å². The maximum atomic E-state index is 12.1. The van der Waals surface area contributed by atoms with Gasteiger partial charge in [0.05, 0.1) is 0 Å². The normalized spacial score (nSPS) is 16.1. The van der Waals surface area contributed by atoms with E-state index in [1.807, 2.05) is 12.1 Å². The largest absolute Gasteiger partial charge is 0.480 e. The average Bonchev–Trinajstić information content (AvgIpc) is 2.32. The molecule has 0 atom stereocenters. The van der Waals surface area contributed by atoms with E-state index in [1.54, 1.807) is 19.2 Å². The van der Waals surface area contributed by atoms with E-state index >= 15 is 0 Å². The molecular weight excluding hydrogens is 280 g/mol. The summed E-state index contributed by atoms with van der Waals surface area (Å²) in [6, 6.07) is 6.84. The Bertz CT molecular complexity index is 529. The first-order valence-electron chi connectivity index (χ1n) is 6.44. The number of aliphatic carboxylic acids is 1. The summed E-state index contributed by atoms with van der Waals surface area (Å²) >= 11 is 5.89. The number of nitrogens with one attached hydrogen (secondary N) is 1. The minimum absolute atomic E-state index is 0.377. The first-order chi connectivity index (χ1) is 9.43. The van der Waals surface area contributed by atoms with E-state index in [4.69, 9.17) is 11.6 Å². The van der Waals surface area contributed by atoms with Gasteiger partial charge in [0.2, 0.25) is 0 Å². The molecule has 6 heteroatoms. The smallest absolute Gasteiger partial charge is 0.329 e. The van der Waals surface area contributed by atoms with Crippen molar-refractivity contribution in [1.82, 2.24) is 10.2 Å². The van der Waals surface area contributed by atoms with Crippen molar-refractivity contribution in [2.75, 3.05) is 7.05 Å². The number of hydrogen-bond donors (Lipinski definition) is 2. The molecule has 0 spiro atoms. The van der Waals surface area contributed by atoms with Gasteiger partial charge in [-0.25, -0.2) is 9.59 Å². The van der Waals surface area contributed by atoms with Crippen molar-refractivity contribution in [2.24, 2.45) is 0 Å². The zero-order valence-electron chi connectivity index (χ0n) is 11.2. The highest BCUT2D eigenvalue weighted by Gasteiger charge is 2.46. The SMILES string of the molecule is CN(Cc1cccc(Cl)c1)C(=O)NC1(C(=O)O)CCC1. The Hall–Kier alpha value is -1.75. The summed E-state index contributed by atoms with van der Waals surface area (Å²) in [7, 11) is 1.63. The molecule has 2 N–H and O–H groups in total. The zero-order valence-corrected chi connectivity index (χ0v) is 12.0. The Labute approximate surface area is 122 Å². The van der Waals surface area contributed by atoms with Crippen LogP contribution in [0.4, 0.5) is 4.79 Å².